The maximum Gasteiger partial charge on any atom is 0.315 e. The van der Waals surface area contributed by atoms with Crippen LogP contribution in [0.15, 0.2) is 42.5 Å². The first-order valence-electron chi connectivity index (χ1n) is 10.0. The average Bonchev–Trinajstić information content (AvgIpc) is 2.72. The normalized spacial score (nSPS) is 10.5. The molecule has 0 saturated carbocycles. The predicted octanol–water partition coefficient (Wildman–Crippen LogP) is 3.57. The molecule has 0 fully saturated rings. The summed E-state index contributed by atoms with van der Waals surface area (Å²) in [5.74, 6) is 1.25. The molecular formula is C23H31N3O4. The van der Waals surface area contributed by atoms with Crippen LogP contribution in [0.4, 0.5) is 4.79 Å². The van der Waals surface area contributed by atoms with Crippen molar-refractivity contribution < 1.29 is 19.1 Å². The molecule has 0 bridgehead atoms. The number of amides is 3. The summed E-state index contributed by atoms with van der Waals surface area (Å²) in [4.78, 5) is 26.1. The van der Waals surface area contributed by atoms with E-state index in [4.69, 9.17) is 9.47 Å². The Morgan fingerprint density at radius 3 is 2.30 bits per heavy atom. The minimum absolute atomic E-state index is 0.0795. The molecule has 7 heteroatoms. The molecule has 162 valence electrons. The van der Waals surface area contributed by atoms with Crippen LogP contribution in [0.1, 0.15) is 42.3 Å². The van der Waals surface area contributed by atoms with E-state index in [-0.39, 0.29) is 18.0 Å². The van der Waals surface area contributed by atoms with E-state index in [0.29, 0.717) is 36.8 Å². The quantitative estimate of drug-likeness (QED) is 0.659. The first kappa shape index (κ1) is 23.1. The zero-order valence-corrected chi connectivity index (χ0v) is 18.3. The number of urea groups is 1. The van der Waals surface area contributed by atoms with Gasteiger partial charge in [0, 0.05) is 31.7 Å². The fourth-order valence-corrected chi connectivity index (χ4v) is 2.91. The lowest BCUT2D eigenvalue weighted by Gasteiger charge is -2.19. The molecule has 0 aliphatic carbocycles. The molecule has 0 saturated heterocycles. The number of benzene rings is 2. The number of carbonyl (C=O) groups is 2. The Morgan fingerprint density at radius 2 is 1.70 bits per heavy atom. The molecule has 30 heavy (non-hydrogen) atoms. The van der Waals surface area contributed by atoms with Crippen LogP contribution in [0.2, 0.25) is 0 Å². The van der Waals surface area contributed by atoms with Gasteiger partial charge in [0.05, 0.1) is 13.7 Å². The molecular weight excluding hydrogens is 382 g/mol. The molecule has 0 aliphatic rings. The van der Waals surface area contributed by atoms with Crippen molar-refractivity contribution in [1.82, 2.24) is 15.5 Å². The Bertz CT molecular complexity index is 850. The molecule has 2 aromatic rings. The average molecular weight is 414 g/mol. The van der Waals surface area contributed by atoms with E-state index in [0.717, 1.165) is 11.1 Å². The van der Waals surface area contributed by atoms with Gasteiger partial charge in [0.15, 0.2) is 11.5 Å². The van der Waals surface area contributed by atoms with E-state index in [9.17, 15) is 9.59 Å². The third-order valence-corrected chi connectivity index (χ3v) is 4.37. The van der Waals surface area contributed by atoms with Crippen molar-refractivity contribution in [3.8, 4) is 11.5 Å². The van der Waals surface area contributed by atoms with E-state index >= 15 is 0 Å². The second kappa shape index (κ2) is 11.1. The van der Waals surface area contributed by atoms with Gasteiger partial charge in [-0.15, -0.1) is 0 Å². The van der Waals surface area contributed by atoms with Crippen LogP contribution < -0.4 is 20.1 Å². The van der Waals surface area contributed by atoms with Crippen LogP contribution in [0.5, 0.6) is 11.5 Å². The van der Waals surface area contributed by atoms with Gasteiger partial charge in [-0.05, 0) is 56.2 Å². The van der Waals surface area contributed by atoms with Crippen LogP contribution >= 0.6 is 0 Å². The van der Waals surface area contributed by atoms with Crippen LogP contribution in [0.25, 0.3) is 0 Å². The summed E-state index contributed by atoms with van der Waals surface area (Å²) in [6, 6.07) is 12.8. The summed E-state index contributed by atoms with van der Waals surface area (Å²) in [5.41, 5.74) is 2.46. The highest BCUT2D eigenvalue weighted by molar-refractivity contribution is 5.94. The fraction of sp³-hybridized carbons (Fsp3) is 0.391. The molecule has 0 atom stereocenters. The third kappa shape index (κ3) is 6.69. The summed E-state index contributed by atoms with van der Waals surface area (Å²) < 4.78 is 10.9. The molecule has 0 unspecified atom stereocenters. The summed E-state index contributed by atoms with van der Waals surface area (Å²) in [6.45, 7) is 7.12. The number of carbonyl (C=O) groups excluding carboxylic acids is 2. The Hall–Kier alpha value is -3.22. The smallest absolute Gasteiger partial charge is 0.315 e. The van der Waals surface area contributed by atoms with Crippen LogP contribution in [-0.4, -0.2) is 43.6 Å². The molecule has 2 rings (SSSR count). The number of rotatable bonds is 9. The topological polar surface area (TPSA) is 79.9 Å². The molecule has 0 spiro atoms. The van der Waals surface area contributed by atoms with Crippen molar-refractivity contribution >= 4 is 11.9 Å². The number of nitrogens with zero attached hydrogens (tertiary/aromatic N) is 1. The van der Waals surface area contributed by atoms with Gasteiger partial charge in [-0.2, -0.15) is 0 Å². The molecule has 3 amide bonds. The lowest BCUT2D eigenvalue weighted by molar-refractivity contribution is 0.0785. The Labute approximate surface area is 178 Å². The SMILES string of the molecule is CCOc1ccc(CN(C)C(=O)c2ccc(CNC(=O)NC(C)C)cc2)cc1OC. The van der Waals surface area contributed by atoms with E-state index in [1.807, 2.05) is 51.1 Å². The summed E-state index contributed by atoms with van der Waals surface area (Å²) in [7, 11) is 3.36. The predicted molar refractivity (Wildman–Crippen MR) is 117 cm³/mol. The second-order valence-corrected chi connectivity index (χ2v) is 7.26. The lowest BCUT2D eigenvalue weighted by Crippen LogP contribution is -2.39. The molecule has 0 radical (unpaired) electrons. The lowest BCUT2D eigenvalue weighted by atomic mass is 10.1. The Kier molecular flexibility index (Phi) is 8.53. The minimum Gasteiger partial charge on any atom is -0.493 e. The third-order valence-electron chi connectivity index (χ3n) is 4.37. The Morgan fingerprint density at radius 1 is 1.03 bits per heavy atom. The van der Waals surface area contributed by atoms with Crippen LogP contribution in [0, 0.1) is 0 Å². The summed E-state index contributed by atoms with van der Waals surface area (Å²) in [5, 5.41) is 5.56. The molecule has 0 aliphatic heterocycles. The number of hydrogen-bond donors (Lipinski definition) is 2. The number of methoxy groups -OCH3 is 1. The van der Waals surface area contributed by atoms with Gasteiger partial charge < -0.3 is 25.0 Å². The molecule has 0 heterocycles. The highest BCUT2D eigenvalue weighted by Crippen LogP contribution is 2.28. The molecule has 0 aromatic heterocycles. The minimum atomic E-state index is -0.212. The van der Waals surface area contributed by atoms with E-state index < -0.39 is 0 Å². The van der Waals surface area contributed by atoms with Gasteiger partial charge in [0.25, 0.3) is 5.91 Å². The maximum atomic E-state index is 12.8. The standard InChI is InChI=1S/C23H31N3O4/c1-6-30-20-12-9-18(13-21(20)29-5)15-26(4)22(27)19-10-7-17(8-11-19)14-24-23(28)25-16(2)3/h7-13,16H,6,14-15H2,1-5H3,(H2,24,25,28). The van der Waals surface area contributed by atoms with Crippen LogP contribution in [-0.2, 0) is 13.1 Å². The van der Waals surface area contributed by atoms with E-state index in [1.165, 1.54) is 0 Å². The molecule has 7 nitrogen and oxygen atoms in total. The van der Waals surface area contributed by atoms with Crippen molar-refractivity contribution in [1.29, 1.82) is 0 Å². The Balaban J connectivity index is 1.96. The van der Waals surface area contributed by atoms with Gasteiger partial charge >= 0.3 is 6.03 Å². The fourth-order valence-electron chi connectivity index (χ4n) is 2.91. The van der Waals surface area contributed by atoms with Crippen molar-refractivity contribution in [2.24, 2.45) is 0 Å². The van der Waals surface area contributed by atoms with Crippen LogP contribution in [0.3, 0.4) is 0 Å². The summed E-state index contributed by atoms with van der Waals surface area (Å²) >= 11 is 0. The van der Waals surface area contributed by atoms with E-state index in [2.05, 4.69) is 10.6 Å². The highest BCUT2D eigenvalue weighted by atomic mass is 16.5. The van der Waals surface area contributed by atoms with Gasteiger partial charge in [0.2, 0.25) is 0 Å². The highest BCUT2D eigenvalue weighted by Gasteiger charge is 2.14. The largest absolute Gasteiger partial charge is 0.493 e. The van der Waals surface area contributed by atoms with Gasteiger partial charge in [-0.3, -0.25) is 4.79 Å². The molecule has 2 aromatic carbocycles. The van der Waals surface area contributed by atoms with Crippen molar-refractivity contribution in [2.45, 2.75) is 39.9 Å². The maximum absolute atomic E-state index is 12.8. The monoisotopic (exact) mass is 413 g/mol. The number of ether oxygens (including phenoxy) is 2. The first-order chi connectivity index (χ1) is 14.3. The van der Waals surface area contributed by atoms with Gasteiger partial charge in [-0.1, -0.05) is 18.2 Å². The van der Waals surface area contributed by atoms with Crippen molar-refractivity contribution in [3.63, 3.8) is 0 Å². The zero-order chi connectivity index (χ0) is 22.1. The zero-order valence-electron chi connectivity index (χ0n) is 18.3. The second-order valence-electron chi connectivity index (χ2n) is 7.26. The van der Waals surface area contributed by atoms with Gasteiger partial charge in [0.1, 0.15) is 0 Å². The molecule has 2 N–H and O–H groups in total. The number of nitrogens with one attached hydrogen (secondary N) is 2. The summed E-state index contributed by atoms with van der Waals surface area (Å²) in [6.07, 6.45) is 0. The van der Waals surface area contributed by atoms with E-state index in [1.54, 1.807) is 31.2 Å². The van der Waals surface area contributed by atoms with Gasteiger partial charge in [-0.25, -0.2) is 4.79 Å². The number of hydrogen-bond acceptors (Lipinski definition) is 4. The van der Waals surface area contributed by atoms with Crippen molar-refractivity contribution in [3.05, 3.63) is 59.2 Å². The first-order valence-corrected chi connectivity index (χ1v) is 10.0. The van der Waals surface area contributed by atoms with Crippen molar-refractivity contribution in [2.75, 3.05) is 20.8 Å².